The van der Waals surface area contributed by atoms with Crippen LogP contribution in [0.5, 0.6) is 0 Å². The van der Waals surface area contributed by atoms with Crippen LogP contribution < -0.4 is 5.43 Å². The molecular formula is C16H19NO2. The van der Waals surface area contributed by atoms with Gasteiger partial charge >= 0.3 is 0 Å². The van der Waals surface area contributed by atoms with E-state index < -0.39 is 0 Å². The summed E-state index contributed by atoms with van der Waals surface area (Å²) in [5.74, 6) is 0.415. The van der Waals surface area contributed by atoms with Gasteiger partial charge in [0.1, 0.15) is 0 Å². The molecule has 0 amide bonds. The van der Waals surface area contributed by atoms with Crippen molar-refractivity contribution in [1.29, 1.82) is 0 Å². The lowest BCUT2D eigenvalue weighted by Crippen LogP contribution is -2.24. The molecule has 0 saturated heterocycles. The minimum Gasteiger partial charge on any atom is -0.391 e. The van der Waals surface area contributed by atoms with Crippen molar-refractivity contribution in [3.8, 4) is 0 Å². The molecule has 0 bridgehead atoms. The number of hydrogen-bond donors (Lipinski definition) is 1. The molecule has 19 heavy (non-hydrogen) atoms. The maximum Gasteiger partial charge on any atom is 0.189 e. The Hall–Kier alpha value is -1.61. The molecule has 3 nitrogen and oxygen atoms in total. The Morgan fingerprint density at radius 2 is 1.95 bits per heavy atom. The van der Waals surface area contributed by atoms with E-state index in [-0.39, 0.29) is 11.5 Å². The summed E-state index contributed by atoms with van der Waals surface area (Å²) in [4.78, 5) is 11.8. The molecule has 0 aliphatic heterocycles. The standard InChI is InChI=1S/C16H19NO2/c18-15-9-10-17(14-8-4-3-7-13(14)15)11-16(19)12-5-1-2-6-12/h3-4,7-10,12,16,19H,1-2,5-6,11H2. The maximum atomic E-state index is 11.8. The average Bonchev–Trinajstić information content (AvgIpc) is 2.96. The number of nitrogens with zero attached hydrogens (tertiary/aromatic N) is 1. The van der Waals surface area contributed by atoms with E-state index in [1.54, 1.807) is 12.3 Å². The second-order valence-corrected chi connectivity index (χ2v) is 5.46. The number of para-hydroxylation sites is 1. The zero-order valence-corrected chi connectivity index (χ0v) is 11.0. The first-order chi connectivity index (χ1) is 9.25. The molecule has 1 heterocycles. The number of pyridine rings is 1. The molecule has 2 aromatic rings. The van der Waals surface area contributed by atoms with Gasteiger partial charge in [-0.3, -0.25) is 4.79 Å². The van der Waals surface area contributed by atoms with Gasteiger partial charge in [0.2, 0.25) is 0 Å². The highest BCUT2D eigenvalue weighted by atomic mass is 16.3. The second-order valence-electron chi connectivity index (χ2n) is 5.46. The van der Waals surface area contributed by atoms with Crippen molar-refractivity contribution in [2.75, 3.05) is 0 Å². The van der Waals surface area contributed by atoms with Crippen LogP contribution in [0.2, 0.25) is 0 Å². The van der Waals surface area contributed by atoms with Crippen molar-refractivity contribution in [1.82, 2.24) is 4.57 Å². The third-order valence-electron chi connectivity index (χ3n) is 4.21. The largest absolute Gasteiger partial charge is 0.391 e. The SMILES string of the molecule is O=c1ccn(CC(O)C2CCCC2)c2ccccc12. The van der Waals surface area contributed by atoms with Crippen LogP contribution >= 0.6 is 0 Å². The Kier molecular flexibility index (Phi) is 3.38. The Balaban J connectivity index is 1.92. The molecule has 0 radical (unpaired) electrons. The number of aromatic nitrogens is 1. The van der Waals surface area contributed by atoms with Gasteiger partial charge in [-0.05, 0) is 30.9 Å². The molecule has 100 valence electrons. The molecule has 3 rings (SSSR count). The van der Waals surface area contributed by atoms with Crippen LogP contribution in [0, 0.1) is 5.92 Å². The molecule has 1 aromatic carbocycles. The van der Waals surface area contributed by atoms with Gasteiger partial charge in [0.05, 0.1) is 11.6 Å². The van der Waals surface area contributed by atoms with E-state index in [9.17, 15) is 9.90 Å². The van der Waals surface area contributed by atoms with Crippen LogP contribution in [0.25, 0.3) is 10.9 Å². The van der Waals surface area contributed by atoms with Gasteiger partial charge in [-0.25, -0.2) is 0 Å². The van der Waals surface area contributed by atoms with E-state index in [1.807, 2.05) is 28.8 Å². The minimum absolute atomic E-state index is 0.0437. The van der Waals surface area contributed by atoms with Gasteiger partial charge in [-0.2, -0.15) is 0 Å². The summed E-state index contributed by atoms with van der Waals surface area (Å²) in [7, 11) is 0. The lowest BCUT2D eigenvalue weighted by molar-refractivity contribution is 0.0941. The predicted octanol–water partition coefficient (Wildman–Crippen LogP) is 2.55. The molecule has 1 unspecified atom stereocenters. The van der Waals surface area contributed by atoms with Crippen LogP contribution in [0.4, 0.5) is 0 Å². The highest BCUT2D eigenvalue weighted by Crippen LogP contribution is 2.28. The maximum absolute atomic E-state index is 11.8. The van der Waals surface area contributed by atoms with Crippen molar-refractivity contribution in [3.05, 3.63) is 46.8 Å². The van der Waals surface area contributed by atoms with Crippen LogP contribution in [0.1, 0.15) is 25.7 Å². The third kappa shape index (κ3) is 2.43. The Morgan fingerprint density at radius 1 is 1.21 bits per heavy atom. The normalized spacial score (nSPS) is 17.9. The van der Waals surface area contributed by atoms with E-state index in [1.165, 1.54) is 12.8 Å². The number of rotatable bonds is 3. The van der Waals surface area contributed by atoms with Crippen LogP contribution in [0.3, 0.4) is 0 Å². The Labute approximate surface area is 112 Å². The molecule has 1 saturated carbocycles. The molecular weight excluding hydrogens is 238 g/mol. The first-order valence-electron chi connectivity index (χ1n) is 7.02. The molecule has 3 heteroatoms. The van der Waals surface area contributed by atoms with Crippen molar-refractivity contribution >= 4 is 10.9 Å². The van der Waals surface area contributed by atoms with E-state index in [4.69, 9.17) is 0 Å². The van der Waals surface area contributed by atoms with Gasteiger partial charge in [0, 0.05) is 24.2 Å². The Morgan fingerprint density at radius 3 is 2.74 bits per heavy atom. The van der Waals surface area contributed by atoms with Gasteiger partial charge in [-0.15, -0.1) is 0 Å². The smallest absolute Gasteiger partial charge is 0.189 e. The number of fused-ring (bicyclic) bond motifs is 1. The zero-order valence-electron chi connectivity index (χ0n) is 11.0. The van der Waals surface area contributed by atoms with E-state index in [2.05, 4.69) is 0 Å². The number of hydrogen-bond acceptors (Lipinski definition) is 2. The first-order valence-corrected chi connectivity index (χ1v) is 7.02. The number of aliphatic hydroxyl groups excluding tert-OH is 1. The molecule has 1 aliphatic carbocycles. The zero-order chi connectivity index (χ0) is 13.2. The van der Waals surface area contributed by atoms with Crippen molar-refractivity contribution < 1.29 is 5.11 Å². The summed E-state index contributed by atoms with van der Waals surface area (Å²) in [5, 5.41) is 11.1. The predicted molar refractivity (Wildman–Crippen MR) is 76.2 cm³/mol. The summed E-state index contributed by atoms with van der Waals surface area (Å²) in [6.45, 7) is 0.575. The summed E-state index contributed by atoms with van der Waals surface area (Å²) in [5.41, 5.74) is 0.953. The van der Waals surface area contributed by atoms with Gasteiger partial charge in [0.25, 0.3) is 0 Å². The summed E-state index contributed by atoms with van der Waals surface area (Å²) < 4.78 is 2.00. The fourth-order valence-corrected chi connectivity index (χ4v) is 3.11. The fourth-order valence-electron chi connectivity index (χ4n) is 3.11. The van der Waals surface area contributed by atoms with E-state index in [0.717, 1.165) is 23.7 Å². The molecule has 1 atom stereocenters. The number of benzene rings is 1. The quantitative estimate of drug-likeness (QED) is 0.918. The summed E-state index contributed by atoms with van der Waals surface area (Å²) in [6, 6.07) is 9.18. The summed E-state index contributed by atoms with van der Waals surface area (Å²) in [6.07, 6.45) is 6.19. The molecule has 0 spiro atoms. The highest BCUT2D eigenvalue weighted by molar-refractivity contribution is 5.78. The van der Waals surface area contributed by atoms with Crippen molar-refractivity contribution in [3.63, 3.8) is 0 Å². The van der Waals surface area contributed by atoms with E-state index in [0.29, 0.717) is 12.5 Å². The second kappa shape index (κ2) is 5.17. The average molecular weight is 257 g/mol. The molecule has 1 aliphatic rings. The topological polar surface area (TPSA) is 42.2 Å². The third-order valence-corrected chi connectivity index (χ3v) is 4.21. The number of aliphatic hydroxyl groups is 1. The monoisotopic (exact) mass is 257 g/mol. The molecule has 1 N–H and O–H groups in total. The highest BCUT2D eigenvalue weighted by Gasteiger charge is 2.23. The summed E-state index contributed by atoms with van der Waals surface area (Å²) >= 11 is 0. The van der Waals surface area contributed by atoms with Crippen LogP contribution in [-0.2, 0) is 6.54 Å². The van der Waals surface area contributed by atoms with Gasteiger partial charge in [-0.1, -0.05) is 25.0 Å². The van der Waals surface area contributed by atoms with E-state index >= 15 is 0 Å². The van der Waals surface area contributed by atoms with Gasteiger partial charge in [0.15, 0.2) is 5.43 Å². The van der Waals surface area contributed by atoms with Gasteiger partial charge < -0.3 is 9.67 Å². The fraction of sp³-hybridized carbons (Fsp3) is 0.438. The minimum atomic E-state index is -0.312. The lowest BCUT2D eigenvalue weighted by atomic mass is 10.0. The van der Waals surface area contributed by atoms with Crippen molar-refractivity contribution in [2.24, 2.45) is 5.92 Å². The first kappa shape index (κ1) is 12.4. The Bertz CT molecular complexity index is 626. The molecule has 1 fully saturated rings. The molecule has 1 aromatic heterocycles. The van der Waals surface area contributed by atoms with Crippen LogP contribution in [-0.4, -0.2) is 15.8 Å². The van der Waals surface area contributed by atoms with Crippen molar-refractivity contribution in [2.45, 2.75) is 38.3 Å². The van der Waals surface area contributed by atoms with Crippen LogP contribution in [0.15, 0.2) is 41.3 Å². The lowest BCUT2D eigenvalue weighted by Gasteiger charge is -2.20.